The third-order valence-corrected chi connectivity index (χ3v) is 6.10. The summed E-state index contributed by atoms with van der Waals surface area (Å²) in [6, 6.07) is 15.8. The van der Waals surface area contributed by atoms with Gasteiger partial charge in [-0.25, -0.2) is 4.68 Å². The molecular weight excluding hydrogens is 402 g/mol. The molecule has 1 N–H and O–H groups in total. The number of anilines is 2. The van der Waals surface area contributed by atoms with Gasteiger partial charge >= 0.3 is 0 Å². The van der Waals surface area contributed by atoms with Gasteiger partial charge in [-0.2, -0.15) is 5.10 Å². The van der Waals surface area contributed by atoms with E-state index in [0.29, 0.717) is 17.9 Å². The van der Waals surface area contributed by atoms with Crippen molar-refractivity contribution >= 4 is 17.4 Å². The highest BCUT2D eigenvalue weighted by molar-refractivity contribution is 6.04. The van der Waals surface area contributed by atoms with Crippen molar-refractivity contribution in [2.45, 2.75) is 19.9 Å². The molecule has 2 aromatic carbocycles. The van der Waals surface area contributed by atoms with Gasteiger partial charge in [0.05, 0.1) is 13.3 Å². The Labute approximate surface area is 189 Å². The Morgan fingerprint density at radius 2 is 1.81 bits per heavy atom. The molecule has 1 fully saturated rings. The van der Waals surface area contributed by atoms with Crippen LogP contribution in [-0.4, -0.2) is 60.9 Å². The second-order valence-corrected chi connectivity index (χ2v) is 8.27. The number of carbonyl (C=O) groups excluding carboxylic acids is 1. The molecule has 1 saturated heterocycles. The number of nitrogens with zero attached hydrogens (tertiary/aromatic N) is 4. The van der Waals surface area contributed by atoms with E-state index in [0.717, 1.165) is 44.0 Å². The van der Waals surface area contributed by atoms with E-state index in [4.69, 9.17) is 4.74 Å². The van der Waals surface area contributed by atoms with Crippen LogP contribution in [0.2, 0.25) is 0 Å². The standard InChI is InChI=1S/C25H31N5O2/c1-19-18-23(32-3)9-6-20(19)11-13-30-24(10-12-26-30)27-25(31)21-4-7-22(8-5-21)29-16-14-28(2)15-17-29/h4-10,12,18H,11,13-17H2,1-3H3,(H,27,31). The Bertz CT molecular complexity index is 1050. The number of aryl methyl sites for hydroxylation is 3. The predicted molar refractivity (Wildman–Crippen MR) is 128 cm³/mol. The number of nitrogens with one attached hydrogen (secondary N) is 1. The summed E-state index contributed by atoms with van der Waals surface area (Å²) in [5.74, 6) is 1.43. The second-order valence-electron chi connectivity index (χ2n) is 8.27. The molecule has 0 bridgehead atoms. The number of methoxy groups -OCH3 is 1. The van der Waals surface area contributed by atoms with Crippen LogP contribution < -0.4 is 15.0 Å². The Morgan fingerprint density at radius 1 is 1.06 bits per heavy atom. The molecule has 32 heavy (non-hydrogen) atoms. The van der Waals surface area contributed by atoms with Crippen molar-refractivity contribution < 1.29 is 9.53 Å². The molecule has 0 radical (unpaired) electrons. The monoisotopic (exact) mass is 433 g/mol. The third kappa shape index (κ3) is 5.11. The van der Waals surface area contributed by atoms with Gasteiger partial charge in [-0.3, -0.25) is 4.79 Å². The number of hydrogen-bond donors (Lipinski definition) is 1. The summed E-state index contributed by atoms with van der Waals surface area (Å²) < 4.78 is 7.12. The van der Waals surface area contributed by atoms with Gasteiger partial charge in [-0.1, -0.05) is 6.07 Å². The average Bonchev–Trinajstić information content (AvgIpc) is 3.25. The Hall–Kier alpha value is -3.32. The first kappa shape index (κ1) is 21.9. The van der Waals surface area contributed by atoms with Gasteiger partial charge in [0.2, 0.25) is 0 Å². The Morgan fingerprint density at radius 3 is 2.50 bits per heavy atom. The fourth-order valence-corrected chi connectivity index (χ4v) is 4.00. The summed E-state index contributed by atoms with van der Waals surface area (Å²) in [5.41, 5.74) is 4.22. The van der Waals surface area contributed by atoms with Crippen LogP contribution in [0.4, 0.5) is 11.5 Å². The first-order valence-corrected chi connectivity index (χ1v) is 11.0. The lowest BCUT2D eigenvalue weighted by molar-refractivity contribution is 0.102. The number of likely N-dealkylation sites (N-methyl/N-ethyl adjacent to an activating group) is 1. The molecule has 4 rings (SSSR count). The number of hydrogen-bond acceptors (Lipinski definition) is 5. The fraction of sp³-hybridized carbons (Fsp3) is 0.360. The van der Waals surface area contributed by atoms with Crippen LogP contribution in [0, 0.1) is 6.92 Å². The summed E-state index contributed by atoms with van der Waals surface area (Å²) in [7, 11) is 3.82. The van der Waals surface area contributed by atoms with Gasteiger partial charge in [0.1, 0.15) is 11.6 Å². The molecule has 1 aliphatic heterocycles. The number of benzene rings is 2. The molecule has 7 nitrogen and oxygen atoms in total. The molecule has 0 unspecified atom stereocenters. The molecule has 168 valence electrons. The van der Waals surface area contributed by atoms with E-state index in [1.165, 1.54) is 11.1 Å². The summed E-state index contributed by atoms with van der Waals surface area (Å²) >= 11 is 0. The molecule has 0 saturated carbocycles. The van der Waals surface area contributed by atoms with E-state index in [-0.39, 0.29) is 5.91 Å². The zero-order chi connectivity index (χ0) is 22.5. The summed E-state index contributed by atoms with van der Waals surface area (Å²) in [5, 5.41) is 7.39. The molecule has 1 amide bonds. The average molecular weight is 434 g/mol. The molecule has 7 heteroatoms. The van der Waals surface area contributed by atoms with Crippen molar-refractivity contribution in [3.05, 3.63) is 71.4 Å². The molecule has 0 atom stereocenters. The van der Waals surface area contributed by atoms with E-state index in [2.05, 4.69) is 40.3 Å². The highest BCUT2D eigenvalue weighted by atomic mass is 16.5. The summed E-state index contributed by atoms with van der Waals surface area (Å²) in [4.78, 5) is 17.5. The topological polar surface area (TPSA) is 62.6 Å². The highest BCUT2D eigenvalue weighted by Gasteiger charge is 2.15. The zero-order valence-corrected chi connectivity index (χ0v) is 19.0. The van der Waals surface area contributed by atoms with E-state index < -0.39 is 0 Å². The van der Waals surface area contributed by atoms with E-state index in [1.54, 1.807) is 13.3 Å². The van der Waals surface area contributed by atoms with Crippen LogP contribution in [0.3, 0.4) is 0 Å². The minimum Gasteiger partial charge on any atom is -0.497 e. The minimum absolute atomic E-state index is 0.127. The third-order valence-electron chi connectivity index (χ3n) is 6.10. The smallest absolute Gasteiger partial charge is 0.256 e. The van der Waals surface area contributed by atoms with Crippen LogP contribution in [0.25, 0.3) is 0 Å². The molecule has 3 aromatic rings. The Kier molecular flexibility index (Phi) is 6.75. The Balaban J connectivity index is 1.37. The molecule has 2 heterocycles. The number of carbonyl (C=O) groups is 1. The van der Waals surface area contributed by atoms with Crippen LogP contribution in [0.5, 0.6) is 5.75 Å². The number of aromatic nitrogens is 2. The SMILES string of the molecule is COc1ccc(CCn2nccc2NC(=O)c2ccc(N3CCN(C)CC3)cc2)c(C)c1. The van der Waals surface area contributed by atoms with Crippen LogP contribution in [0.15, 0.2) is 54.7 Å². The van der Waals surface area contributed by atoms with Gasteiger partial charge in [0, 0.05) is 50.0 Å². The first-order valence-electron chi connectivity index (χ1n) is 11.0. The van der Waals surface area contributed by atoms with E-state index in [1.807, 2.05) is 47.1 Å². The quantitative estimate of drug-likeness (QED) is 0.618. The molecule has 1 aliphatic rings. The molecule has 1 aromatic heterocycles. The van der Waals surface area contributed by atoms with Crippen molar-refractivity contribution in [2.24, 2.45) is 0 Å². The maximum Gasteiger partial charge on any atom is 0.256 e. The van der Waals surface area contributed by atoms with Gasteiger partial charge in [0.25, 0.3) is 5.91 Å². The highest BCUT2D eigenvalue weighted by Crippen LogP contribution is 2.20. The molecule has 0 aliphatic carbocycles. The predicted octanol–water partition coefficient (Wildman–Crippen LogP) is 3.45. The minimum atomic E-state index is -0.127. The van der Waals surface area contributed by atoms with E-state index >= 15 is 0 Å². The lowest BCUT2D eigenvalue weighted by Gasteiger charge is -2.34. The maximum absolute atomic E-state index is 12.8. The number of piperazine rings is 1. The normalized spacial score (nSPS) is 14.4. The van der Waals surface area contributed by atoms with Crippen molar-refractivity contribution in [1.82, 2.24) is 14.7 Å². The van der Waals surface area contributed by atoms with Crippen LogP contribution in [-0.2, 0) is 13.0 Å². The lowest BCUT2D eigenvalue weighted by atomic mass is 10.1. The number of rotatable bonds is 7. The van der Waals surface area contributed by atoms with Crippen molar-refractivity contribution in [3.63, 3.8) is 0 Å². The summed E-state index contributed by atoms with van der Waals surface area (Å²) in [6.45, 7) is 6.89. The van der Waals surface area contributed by atoms with Crippen molar-refractivity contribution in [1.29, 1.82) is 0 Å². The van der Waals surface area contributed by atoms with Gasteiger partial charge in [-0.05, 0) is 67.9 Å². The van der Waals surface area contributed by atoms with Gasteiger partial charge < -0.3 is 19.9 Å². The summed E-state index contributed by atoms with van der Waals surface area (Å²) in [6.07, 6.45) is 2.53. The molecular formula is C25H31N5O2. The van der Waals surface area contributed by atoms with Crippen molar-refractivity contribution in [2.75, 3.05) is 50.6 Å². The first-order chi connectivity index (χ1) is 15.5. The molecule has 0 spiro atoms. The lowest BCUT2D eigenvalue weighted by Crippen LogP contribution is -2.44. The second kappa shape index (κ2) is 9.87. The van der Waals surface area contributed by atoms with Crippen molar-refractivity contribution in [3.8, 4) is 5.75 Å². The van der Waals surface area contributed by atoms with Gasteiger partial charge in [-0.15, -0.1) is 0 Å². The number of ether oxygens (including phenoxy) is 1. The zero-order valence-electron chi connectivity index (χ0n) is 19.0. The fourth-order valence-electron chi connectivity index (χ4n) is 4.00. The number of amides is 1. The van der Waals surface area contributed by atoms with Crippen LogP contribution in [0.1, 0.15) is 21.5 Å². The van der Waals surface area contributed by atoms with E-state index in [9.17, 15) is 4.79 Å². The van der Waals surface area contributed by atoms with Crippen LogP contribution >= 0.6 is 0 Å². The van der Waals surface area contributed by atoms with Gasteiger partial charge in [0.15, 0.2) is 0 Å². The maximum atomic E-state index is 12.8. The largest absolute Gasteiger partial charge is 0.497 e.